The van der Waals surface area contributed by atoms with Crippen LogP contribution in [0.3, 0.4) is 0 Å². The summed E-state index contributed by atoms with van der Waals surface area (Å²) in [5.74, 6) is 0. The number of aryl methyl sites for hydroxylation is 1. The van der Waals surface area contributed by atoms with E-state index in [1.807, 2.05) is 0 Å². The molecular weight excluding hydrogens is 401 g/mol. The molecule has 2 fully saturated rings. The molecule has 0 radical (unpaired) electrons. The van der Waals surface area contributed by atoms with Gasteiger partial charge in [0.2, 0.25) is 0 Å². The molecule has 1 heterocycles. The zero-order valence-electron chi connectivity index (χ0n) is 18.2. The van der Waals surface area contributed by atoms with Crippen molar-refractivity contribution in [2.24, 2.45) is 7.05 Å². The smallest absolute Gasteiger partial charge is 0.0603 e. The van der Waals surface area contributed by atoms with Crippen LogP contribution in [0.4, 0.5) is 0 Å². The molecule has 3 aromatic rings. The van der Waals surface area contributed by atoms with Crippen molar-refractivity contribution < 1.29 is 0 Å². The molecule has 0 N–H and O–H groups in total. The second-order valence-electron chi connectivity index (χ2n) is 9.43. The maximum absolute atomic E-state index is 7.01. The van der Waals surface area contributed by atoms with Gasteiger partial charge in [-0.15, -0.1) is 0 Å². The lowest BCUT2D eigenvalue weighted by Crippen LogP contribution is -2.33. The quantitative estimate of drug-likeness (QED) is 0.382. The van der Waals surface area contributed by atoms with Crippen molar-refractivity contribution in [1.29, 1.82) is 0 Å². The summed E-state index contributed by atoms with van der Waals surface area (Å²) in [7, 11) is 2.30. The topological polar surface area (TPSA) is 4.93 Å². The van der Waals surface area contributed by atoms with E-state index in [-0.39, 0.29) is 0 Å². The summed E-state index contributed by atoms with van der Waals surface area (Å²) < 4.78 is 2.53. The van der Waals surface area contributed by atoms with Crippen molar-refractivity contribution in [3.8, 4) is 11.1 Å². The van der Waals surface area contributed by atoms with E-state index in [9.17, 15) is 0 Å². The molecule has 0 unspecified atom stereocenters. The zero-order chi connectivity index (χ0) is 20.6. The Morgan fingerprint density at radius 1 is 0.733 bits per heavy atom. The third kappa shape index (κ3) is 3.41. The summed E-state index contributed by atoms with van der Waals surface area (Å²) >= 11 is 7.01. The Kier molecular flexibility index (Phi) is 5.91. The molecule has 2 aromatic carbocycles. The van der Waals surface area contributed by atoms with Crippen LogP contribution in [-0.4, -0.2) is 15.9 Å². The fourth-order valence-electron chi connectivity index (χ4n) is 6.25. The number of aromatic nitrogens is 1. The van der Waals surface area contributed by atoms with Crippen molar-refractivity contribution in [1.82, 2.24) is 4.57 Å². The van der Waals surface area contributed by atoms with Gasteiger partial charge in [0.1, 0.15) is 0 Å². The van der Waals surface area contributed by atoms with Gasteiger partial charge >= 0.3 is 0 Å². The van der Waals surface area contributed by atoms with E-state index < -0.39 is 6.04 Å². The van der Waals surface area contributed by atoms with Gasteiger partial charge in [-0.05, 0) is 48.6 Å². The monoisotopic (exact) mass is 435 g/mol. The Labute approximate surface area is 186 Å². The highest BCUT2D eigenvalue weighted by atomic mass is 32.4. The predicted octanol–water partition coefficient (Wildman–Crippen LogP) is 7.62. The summed E-state index contributed by atoms with van der Waals surface area (Å²) in [5, 5.41) is 1.39. The first-order valence-electron chi connectivity index (χ1n) is 11.9. The Bertz CT molecular complexity index is 1030. The van der Waals surface area contributed by atoms with Crippen LogP contribution in [0, 0.1) is 0 Å². The van der Waals surface area contributed by atoms with Gasteiger partial charge in [-0.1, -0.05) is 98.9 Å². The summed E-state index contributed by atoms with van der Waals surface area (Å²) in [6, 6.07) is 18.4. The largest absolute Gasteiger partial charge is 0.343 e. The first kappa shape index (κ1) is 20.5. The van der Waals surface area contributed by atoms with Crippen LogP contribution in [0.1, 0.15) is 64.2 Å². The van der Waals surface area contributed by atoms with Crippen LogP contribution in [0.25, 0.3) is 22.0 Å². The van der Waals surface area contributed by atoms with Crippen LogP contribution < -0.4 is 5.44 Å². The molecule has 30 heavy (non-hydrogen) atoms. The summed E-state index contributed by atoms with van der Waals surface area (Å²) in [5.41, 5.74) is 7.17. The molecule has 0 saturated heterocycles. The molecule has 3 heteroatoms. The molecule has 2 aliphatic carbocycles. The van der Waals surface area contributed by atoms with E-state index in [1.165, 1.54) is 86.2 Å². The summed E-state index contributed by atoms with van der Waals surface area (Å²) in [4.78, 5) is 0. The van der Waals surface area contributed by atoms with Crippen LogP contribution in [-0.2, 0) is 18.9 Å². The van der Waals surface area contributed by atoms with Crippen LogP contribution >= 0.6 is 6.04 Å². The first-order valence-corrected chi connectivity index (χ1v) is 14.9. The number of fused-ring (bicyclic) bond motifs is 1. The van der Waals surface area contributed by atoms with Crippen molar-refractivity contribution in [3.05, 3.63) is 54.6 Å². The van der Waals surface area contributed by atoms with Crippen molar-refractivity contribution in [3.63, 3.8) is 0 Å². The molecule has 0 atom stereocenters. The standard InChI is InChI=1S/C27H34NPS/c1-28-25-20-12-11-19-24(25)26(21-13-5-2-6-14-21)27(28)29(30,22-15-7-3-8-16-22)23-17-9-4-10-18-23/h2,5-6,11-14,19-20,22-23H,3-4,7-10,15-18H2,1H3. The van der Waals surface area contributed by atoms with E-state index >= 15 is 0 Å². The minimum absolute atomic E-state index is 0.731. The van der Waals surface area contributed by atoms with Crippen LogP contribution in [0.5, 0.6) is 0 Å². The highest BCUT2D eigenvalue weighted by molar-refractivity contribution is 8.19. The molecule has 2 saturated carbocycles. The number of hydrogen-bond donors (Lipinski definition) is 0. The fourth-order valence-corrected chi connectivity index (χ4v) is 12.9. The van der Waals surface area contributed by atoms with Gasteiger partial charge in [-0.3, -0.25) is 0 Å². The van der Waals surface area contributed by atoms with Crippen molar-refractivity contribution in [2.45, 2.75) is 75.5 Å². The number of rotatable bonds is 4. The van der Waals surface area contributed by atoms with Gasteiger partial charge < -0.3 is 4.57 Å². The van der Waals surface area contributed by atoms with Gasteiger partial charge in [0.05, 0.1) is 5.44 Å². The van der Waals surface area contributed by atoms with Gasteiger partial charge in [-0.2, -0.15) is 0 Å². The predicted molar refractivity (Wildman–Crippen MR) is 136 cm³/mol. The summed E-state index contributed by atoms with van der Waals surface area (Å²) in [6.07, 6.45) is 13.7. The third-order valence-corrected chi connectivity index (χ3v) is 14.4. The minimum Gasteiger partial charge on any atom is -0.343 e. The molecular formula is C27H34NPS. The molecule has 158 valence electrons. The van der Waals surface area contributed by atoms with E-state index in [0.717, 1.165) is 11.3 Å². The van der Waals surface area contributed by atoms with E-state index in [4.69, 9.17) is 11.8 Å². The molecule has 0 aliphatic heterocycles. The first-order chi connectivity index (χ1) is 14.7. The third-order valence-electron chi connectivity index (χ3n) is 7.70. The second kappa shape index (κ2) is 8.64. The van der Waals surface area contributed by atoms with Gasteiger partial charge in [0.15, 0.2) is 0 Å². The van der Waals surface area contributed by atoms with Crippen LogP contribution in [0.15, 0.2) is 54.6 Å². The fraction of sp³-hybridized carbons (Fsp3) is 0.481. The van der Waals surface area contributed by atoms with Gasteiger partial charge in [-0.25, -0.2) is 0 Å². The molecule has 0 amide bonds. The molecule has 5 rings (SSSR count). The second-order valence-corrected chi connectivity index (χ2v) is 14.5. The Hall–Kier alpha value is -1.37. The Morgan fingerprint density at radius 3 is 1.87 bits per heavy atom. The molecule has 0 spiro atoms. The lowest BCUT2D eigenvalue weighted by atomic mass is 9.99. The van der Waals surface area contributed by atoms with E-state index in [0.29, 0.717) is 0 Å². The van der Waals surface area contributed by atoms with E-state index in [2.05, 4.69) is 66.2 Å². The van der Waals surface area contributed by atoms with Crippen LogP contribution in [0.2, 0.25) is 0 Å². The van der Waals surface area contributed by atoms with Gasteiger partial charge in [0.25, 0.3) is 0 Å². The lowest BCUT2D eigenvalue weighted by molar-refractivity contribution is 0.486. The maximum Gasteiger partial charge on any atom is 0.0603 e. The average Bonchev–Trinajstić information content (AvgIpc) is 3.13. The number of hydrogen-bond acceptors (Lipinski definition) is 1. The Morgan fingerprint density at radius 2 is 1.27 bits per heavy atom. The van der Waals surface area contributed by atoms with Crippen molar-refractivity contribution in [2.75, 3.05) is 0 Å². The molecule has 2 aliphatic rings. The maximum atomic E-state index is 7.01. The average molecular weight is 436 g/mol. The summed E-state index contributed by atoms with van der Waals surface area (Å²) in [6.45, 7) is 0. The number of para-hydroxylation sites is 1. The minimum atomic E-state index is -1.74. The zero-order valence-corrected chi connectivity index (χ0v) is 19.9. The SMILES string of the molecule is Cn1c(P(=S)(C2CCCCC2)C2CCCCC2)c(-c2ccccc2)c2ccccc21. The van der Waals surface area contributed by atoms with E-state index in [1.54, 1.807) is 5.44 Å². The number of nitrogens with zero attached hydrogens (tertiary/aromatic N) is 1. The molecule has 1 aromatic heterocycles. The highest BCUT2D eigenvalue weighted by Crippen LogP contribution is 2.63. The highest BCUT2D eigenvalue weighted by Gasteiger charge is 2.42. The van der Waals surface area contributed by atoms with Gasteiger partial charge in [0, 0.05) is 29.6 Å². The molecule has 0 bridgehead atoms. The Balaban J connectivity index is 1.80. The normalized spacial score (nSPS) is 19.4. The molecule has 1 nitrogen and oxygen atoms in total. The lowest BCUT2D eigenvalue weighted by Gasteiger charge is -2.42. The van der Waals surface area contributed by atoms with Crippen molar-refractivity contribution >= 4 is 34.2 Å². The number of benzene rings is 2.